The van der Waals surface area contributed by atoms with Crippen molar-refractivity contribution in [3.63, 3.8) is 0 Å². The number of nitrogens with zero attached hydrogens (tertiary/aromatic N) is 5. The SMILES string of the molecule is Cc1ccc([C@H](c2nnnn2C2CCCC2)N2c3ccccc3C[C@H]2C)cc1. The molecule has 5 nitrogen and oxygen atoms in total. The lowest BCUT2D eigenvalue weighted by molar-refractivity contribution is 0.424. The Bertz CT molecular complexity index is 955. The van der Waals surface area contributed by atoms with Gasteiger partial charge in [-0.3, -0.25) is 0 Å². The van der Waals surface area contributed by atoms with Crippen molar-refractivity contribution in [2.45, 2.75) is 64.1 Å². The standard InChI is InChI=1S/C23H27N5/c1-16-11-13-18(14-12-16)22(23-24-25-26-28(23)20-8-4-5-9-20)27-17(2)15-19-7-3-6-10-21(19)27/h3,6-7,10-14,17,20,22H,4-5,8-9,15H2,1-2H3/t17-,22-/m1/s1. The Morgan fingerprint density at radius 1 is 1.00 bits per heavy atom. The van der Waals surface area contributed by atoms with Crippen LogP contribution < -0.4 is 4.90 Å². The molecular formula is C23H27N5. The van der Waals surface area contributed by atoms with E-state index in [9.17, 15) is 0 Å². The first-order valence-electron chi connectivity index (χ1n) is 10.4. The molecular weight excluding hydrogens is 346 g/mol. The predicted octanol–water partition coefficient (Wildman–Crippen LogP) is 4.64. The highest BCUT2D eigenvalue weighted by Crippen LogP contribution is 2.42. The van der Waals surface area contributed by atoms with E-state index in [4.69, 9.17) is 0 Å². The number of rotatable bonds is 4. The zero-order valence-electron chi connectivity index (χ0n) is 16.6. The summed E-state index contributed by atoms with van der Waals surface area (Å²) in [5.74, 6) is 0.972. The molecule has 2 atom stereocenters. The molecule has 0 bridgehead atoms. The first-order valence-corrected chi connectivity index (χ1v) is 10.4. The van der Waals surface area contributed by atoms with Crippen molar-refractivity contribution in [3.05, 3.63) is 71.0 Å². The topological polar surface area (TPSA) is 46.8 Å². The van der Waals surface area contributed by atoms with Crippen molar-refractivity contribution in [3.8, 4) is 0 Å². The van der Waals surface area contributed by atoms with E-state index in [0.717, 1.165) is 12.2 Å². The molecule has 28 heavy (non-hydrogen) atoms. The van der Waals surface area contributed by atoms with Gasteiger partial charge in [0.25, 0.3) is 0 Å². The lowest BCUT2D eigenvalue weighted by atomic mass is 10.0. The highest BCUT2D eigenvalue weighted by molar-refractivity contribution is 5.62. The van der Waals surface area contributed by atoms with E-state index in [1.807, 2.05) is 0 Å². The van der Waals surface area contributed by atoms with Gasteiger partial charge >= 0.3 is 0 Å². The van der Waals surface area contributed by atoms with Crippen LogP contribution in [0.4, 0.5) is 5.69 Å². The van der Waals surface area contributed by atoms with Crippen LogP contribution in [0.3, 0.4) is 0 Å². The van der Waals surface area contributed by atoms with Gasteiger partial charge in [-0.25, -0.2) is 4.68 Å². The molecule has 1 aliphatic carbocycles. The maximum absolute atomic E-state index is 4.57. The molecule has 2 heterocycles. The zero-order valence-corrected chi connectivity index (χ0v) is 16.6. The van der Waals surface area contributed by atoms with Gasteiger partial charge in [-0.05, 0) is 60.7 Å². The molecule has 5 rings (SSSR count). The van der Waals surface area contributed by atoms with Crippen molar-refractivity contribution >= 4 is 5.69 Å². The Morgan fingerprint density at radius 2 is 1.75 bits per heavy atom. The fourth-order valence-corrected chi connectivity index (χ4v) is 4.96. The molecule has 0 radical (unpaired) electrons. The van der Waals surface area contributed by atoms with E-state index in [-0.39, 0.29) is 6.04 Å². The first kappa shape index (κ1) is 17.4. The summed E-state index contributed by atoms with van der Waals surface area (Å²) in [7, 11) is 0. The lowest BCUT2D eigenvalue weighted by Crippen LogP contribution is -2.36. The quantitative estimate of drug-likeness (QED) is 0.668. The minimum Gasteiger partial charge on any atom is -0.354 e. The second-order valence-electron chi connectivity index (χ2n) is 8.32. The molecule has 0 amide bonds. The van der Waals surface area contributed by atoms with E-state index in [2.05, 4.69) is 87.5 Å². The van der Waals surface area contributed by atoms with Crippen LogP contribution in [0.25, 0.3) is 0 Å². The molecule has 0 saturated heterocycles. The van der Waals surface area contributed by atoms with Crippen LogP contribution in [0.5, 0.6) is 0 Å². The minimum absolute atomic E-state index is 0.0230. The average Bonchev–Trinajstić information content (AvgIpc) is 3.44. The molecule has 3 aromatic rings. The molecule has 1 aromatic heterocycles. The third-order valence-electron chi connectivity index (χ3n) is 6.36. The highest BCUT2D eigenvalue weighted by atomic mass is 15.6. The van der Waals surface area contributed by atoms with Gasteiger partial charge in [0.1, 0.15) is 6.04 Å². The van der Waals surface area contributed by atoms with Crippen LogP contribution in [0.2, 0.25) is 0 Å². The minimum atomic E-state index is 0.0230. The van der Waals surface area contributed by atoms with Crippen molar-refractivity contribution in [2.75, 3.05) is 4.90 Å². The number of anilines is 1. The fourth-order valence-electron chi connectivity index (χ4n) is 4.96. The monoisotopic (exact) mass is 373 g/mol. The Labute approximate surface area is 166 Å². The van der Waals surface area contributed by atoms with Crippen LogP contribution >= 0.6 is 0 Å². The lowest BCUT2D eigenvalue weighted by Gasteiger charge is -2.34. The summed E-state index contributed by atoms with van der Waals surface area (Å²) in [6.07, 6.45) is 5.93. The zero-order chi connectivity index (χ0) is 19.1. The van der Waals surface area contributed by atoms with E-state index in [1.165, 1.54) is 48.1 Å². The number of fused-ring (bicyclic) bond motifs is 1. The summed E-state index contributed by atoms with van der Waals surface area (Å²) < 4.78 is 2.12. The van der Waals surface area contributed by atoms with Crippen molar-refractivity contribution in [1.82, 2.24) is 20.2 Å². The van der Waals surface area contributed by atoms with Gasteiger partial charge in [-0.1, -0.05) is 60.9 Å². The van der Waals surface area contributed by atoms with Crippen LogP contribution in [0.15, 0.2) is 48.5 Å². The molecule has 0 N–H and O–H groups in total. The summed E-state index contributed by atoms with van der Waals surface area (Å²) in [4.78, 5) is 2.52. The van der Waals surface area contributed by atoms with Gasteiger partial charge in [0.15, 0.2) is 5.82 Å². The second-order valence-corrected chi connectivity index (χ2v) is 8.32. The normalized spacial score (nSPS) is 20.5. The molecule has 2 aliphatic rings. The number of hydrogen-bond acceptors (Lipinski definition) is 4. The summed E-state index contributed by atoms with van der Waals surface area (Å²) in [6.45, 7) is 4.44. The fraction of sp³-hybridized carbons (Fsp3) is 0.435. The number of tetrazole rings is 1. The van der Waals surface area contributed by atoms with Gasteiger partial charge in [0, 0.05) is 11.7 Å². The van der Waals surface area contributed by atoms with E-state index < -0.39 is 0 Å². The molecule has 5 heteroatoms. The Hall–Kier alpha value is -2.69. The number of aryl methyl sites for hydroxylation is 1. The maximum atomic E-state index is 4.57. The smallest absolute Gasteiger partial charge is 0.178 e. The molecule has 2 aromatic carbocycles. The summed E-state index contributed by atoms with van der Waals surface area (Å²) in [5, 5.41) is 13.1. The molecule has 0 spiro atoms. The van der Waals surface area contributed by atoms with Crippen molar-refractivity contribution in [2.24, 2.45) is 0 Å². The average molecular weight is 374 g/mol. The second kappa shape index (κ2) is 7.04. The van der Waals surface area contributed by atoms with Crippen LogP contribution in [-0.4, -0.2) is 26.2 Å². The summed E-state index contributed by atoms with van der Waals surface area (Å²) in [5.41, 5.74) is 5.24. The number of hydrogen-bond donors (Lipinski definition) is 0. The van der Waals surface area contributed by atoms with Crippen LogP contribution in [0, 0.1) is 6.92 Å². The number of para-hydroxylation sites is 1. The first-order chi connectivity index (χ1) is 13.7. The Kier molecular flexibility index (Phi) is 4.38. The molecule has 144 valence electrons. The Balaban J connectivity index is 1.65. The predicted molar refractivity (Wildman–Crippen MR) is 110 cm³/mol. The summed E-state index contributed by atoms with van der Waals surface area (Å²) >= 11 is 0. The summed E-state index contributed by atoms with van der Waals surface area (Å²) in [6, 6.07) is 18.5. The molecule has 1 fully saturated rings. The van der Waals surface area contributed by atoms with E-state index >= 15 is 0 Å². The van der Waals surface area contributed by atoms with Gasteiger partial charge in [0.2, 0.25) is 0 Å². The van der Waals surface area contributed by atoms with Gasteiger partial charge in [-0.2, -0.15) is 0 Å². The van der Waals surface area contributed by atoms with Crippen LogP contribution in [0.1, 0.15) is 67.2 Å². The van der Waals surface area contributed by atoms with Crippen molar-refractivity contribution in [1.29, 1.82) is 0 Å². The third-order valence-corrected chi connectivity index (χ3v) is 6.36. The maximum Gasteiger partial charge on any atom is 0.178 e. The number of benzene rings is 2. The number of aromatic nitrogens is 4. The molecule has 0 unspecified atom stereocenters. The van der Waals surface area contributed by atoms with Crippen molar-refractivity contribution < 1.29 is 0 Å². The van der Waals surface area contributed by atoms with Gasteiger partial charge < -0.3 is 4.90 Å². The Morgan fingerprint density at radius 3 is 2.54 bits per heavy atom. The molecule has 1 saturated carbocycles. The van der Waals surface area contributed by atoms with Crippen LogP contribution in [-0.2, 0) is 6.42 Å². The highest BCUT2D eigenvalue weighted by Gasteiger charge is 2.37. The van der Waals surface area contributed by atoms with E-state index in [0.29, 0.717) is 12.1 Å². The largest absolute Gasteiger partial charge is 0.354 e. The third kappa shape index (κ3) is 2.89. The van der Waals surface area contributed by atoms with Gasteiger partial charge in [0.05, 0.1) is 6.04 Å². The van der Waals surface area contributed by atoms with Gasteiger partial charge in [-0.15, -0.1) is 5.10 Å². The van der Waals surface area contributed by atoms with E-state index in [1.54, 1.807) is 0 Å². The molecule has 1 aliphatic heterocycles.